The van der Waals surface area contributed by atoms with E-state index in [1.54, 1.807) is 7.11 Å². The number of nitrogens with one attached hydrogen (secondary N) is 1. The van der Waals surface area contributed by atoms with Crippen LogP contribution in [-0.2, 0) is 9.53 Å². The zero-order chi connectivity index (χ0) is 14.5. The largest absolute Gasteiger partial charge is 0.380 e. The van der Waals surface area contributed by atoms with Gasteiger partial charge in [-0.3, -0.25) is 9.20 Å². The summed E-state index contributed by atoms with van der Waals surface area (Å²) in [6.07, 6.45) is 1.83. The number of fused-ring (bicyclic) bond motifs is 1. The Labute approximate surface area is 117 Å². The number of nitrogens with zero attached hydrogens (tertiary/aromatic N) is 3. The van der Waals surface area contributed by atoms with E-state index >= 15 is 0 Å². The molecule has 1 amide bonds. The molecule has 7 nitrogen and oxygen atoms in total. The molecule has 108 valence electrons. The molecule has 0 aliphatic carbocycles. The summed E-state index contributed by atoms with van der Waals surface area (Å²) in [6.45, 7) is 2.18. The van der Waals surface area contributed by atoms with E-state index in [9.17, 15) is 4.79 Å². The first-order valence-electron chi connectivity index (χ1n) is 6.47. The van der Waals surface area contributed by atoms with Crippen LogP contribution in [0.2, 0.25) is 0 Å². The van der Waals surface area contributed by atoms with Crippen LogP contribution in [0.3, 0.4) is 0 Å². The maximum Gasteiger partial charge on any atom is 0.223 e. The fourth-order valence-electron chi connectivity index (χ4n) is 1.99. The maximum absolute atomic E-state index is 11.9. The summed E-state index contributed by atoms with van der Waals surface area (Å²) in [6, 6.07) is 5.40. The Morgan fingerprint density at radius 2 is 2.30 bits per heavy atom. The Bertz CT molecular complexity index is 579. The molecule has 3 N–H and O–H groups in total. The predicted octanol–water partition coefficient (Wildman–Crippen LogP) is 0.270. The number of amides is 1. The van der Waals surface area contributed by atoms with Gasteiger partial charge in [-0.2, -0.15) is 0 Å². The number of carbonyl (C=O) groups is 1. The topological polar surface area (TPSA) is 94.5 Å². The van der Waals surface area contributed by atoms with Crippen molar-refractivity contribution in [2.45, 2.75) is 25.5 Å². The Kier molecular flexibility index (Phi) is 4.65. The molecular weight excluding hydrogens is 258 g/mol. The predicted molar refractivity (Wildman–Crippen MR) is 74.0 cm³/mol. The molecule has 0 spiro atoms. The van der Waals surface area contributed by atoms with Crippen molar-refractivity contribution < 1.29 is 9.53 Å². The molecule has 0 fully saturated rings. The van der Waals surface area contributed by atoms with E-state index in [2.05, 4.69) is 15.5 Å². The number of carbonyl (C=O) groups excluding carboxylic acids is 1. The maximum atomic E-state index is 11.9. The highest BCUT2D eigenvalue weighted by molar-refractivity contribution is 5.76. The lowest BCUT2D eigenvalue weighted by Gasteiger charge is -2.16. The third-order valence-corrected chi connectivity index (χ3v) is 3.11. The van der Waals surface area contributed by atoms with Crippen molar-refractivity contribution in [1.29, 1.82) is 0 Å². The highest BCUT2D eigenvalue weighted by Gasteiger charge is 2.17. The fourth-order valence-corrected chi connectivity index (χ4v) is 1.99. The van der Waals surface area contributed by atoms with Crippen LogP contribution in [0.15, 0.2) is 24.4 Å². The monoisotopic (exact) mass is 277 g/mol. The molecule has 2 aromatic rings. The second kappa shape index (κ2) is 6.44. The SMILES string of the molecule is COC(CN)CC(=O)NC(C)c1nnc2ccccn12. The van der Waals surface area contributed by atoms with Gasteiger partial charge in [0.25, 0.3) is 0 Å². The minimum absolute atomic E-state index is 0.123. The number of hydrogen-bond acceptors (Lipinski definition) is 5. The lowest BCUT2D eigenvalue weighted by molar-refractivity contribution is -0.124. The normalized spacial score (nSPS) is 14.2. The average molecular weight is 277 g/mol. The molecule has 0 aromatic carbocycles. The summed E-state index contributed by atoms with van der Waals surface area (Å²) in [5, 5.41) is 11.0. The third-order valence-electron chi connectivity index (χ3n) is 3.11. The average Bonchev–Trinajstić information content (AvgIpc) is 2.88. The molecule has 20 heavy (non-hydrogen) atoms. The molecular formula is C13H19N5O2. The summed E-state index contributed by atoms with van der Waals surface area (Å²) in [7, 11) is 1.54. The van der Waals surface area contributed by atoms with Crippen LogP contribution in [-0.4, -0.2) is 40.3 Å². The van der Waals surface area contributed by atoms with Gasteiger partial charge in [-0.25, -0.2) is 0 Å². The highest BCUT2D eigenvalue weighted by atomic mass is 16.5. The lowest BCUT2D eigenvalue weighted by atomic mass is 10.2. The van der Waals surface area contributed by atoms with Crippen molar-refractivity contribution in [2.24, 2.45) is 5.73 Å². The van der Waals surface area contributed by atoms with Crippen LogP contribution in [0.5, 0.6) is 0 Å². The van der Waals surface area contributed by atoms with Gasteiger partial charge in [0.05, 0.1) is 18.6 Å². The van der Waals surface area contributed by atoms with Crippen LogP contribution in [0.1, 0.15) is 25.2 Å². The number of ether oxygens (including phenoxy) is 1. The first-order valence-corrected chi connectivity index (χ1v) is 6.47. The zero-order valence-electron chi connectivity index (χ0n) is 11.6. The van der Waals surface area contributed by atoms with E-state index in [0.717, 1.165) is 5.65 Å². The Balaban J connectivity index is 2.04. The Morgan fingerprint density at radius 3 is 3.00 bits per heavy atom. The van der Waals surface area contributed by atoms with Gasteiger partial charge in [0.15, 0.2) is 11.5 Å². The van der Waals surface area contributed by atoms with Gasteiger partial charge in [-0.05, 0) is 19.1 Å². The number of nitrogens with two attached hydrogens (primary N) is 1. The van der Waals surface area contributed by atoms with Crippen molar-refractivity contribution in [2.75, 3.05) is 13.7 Å². The quantitative estimate of drug-likeness (QED) is 0.790. The molecule has 0 saturated heterocycles. The van der Waals surface area contributed by atoms with Gasteiger partial charge in [-0.1, -0.05) is 6.07 Å². The molecule has 2 aromatic heterocycles. The number of methoxy groups -OCH3 is 1. The van der Waals surface area contributed by atoms with E-state index in [0.29, 0.717) is 12.4 Å². The van der Waals surface area contributed by atoms with Gasteiger partial charge in [0.1, 0.15) is 0 Å². The molecule has 7 heteroatoms. The van der Waals surface area contributed by atoms with Crippen LogP contribution >= 0.6 is 0 Å². The van der Waals surface area contributed by atoms with Crippen molar-refractivity contribution in [3.63, 3.8) is 0 Å². The summed E-state index contributed by atoms with van der Waals surface area (Å²) >= 11 is 0. The van der Waals surface area contributed by atoms with Crippen LogP contribution < -0.4 is 11.1 Å². The molecule has 0 radical (unpaired) electrons. The number of rotatable bonds is 6. The number of aromatic nitrogens is 3. The second-order valence-electron chi connectivity index (χ2n) is 4.57. The minimum Gasteiger partial charge on any atom is -0.380 e. The Hall–Kier alpha value is -1.99. The van der Waals surface area contributed by atoms with E-state index in [4.69, 9.17) is 10.5 Å². The van der Waals surface area contributed by atoms with E-state index in [-0.39, 0.29) is 24.5 Å². The van der Waals surface area contributed by atoms with Crippen molar-refractivity contribution in [1.82, 2.24) is 19.9 Å². The second-order valence-corrected chi connectivity index (χ2v) is 4.57. The first-order chi connectivity index (χ1) is 9.65. The van der Waals surface area contributed by atoms with Gasteiger partial charge in [0, 0.05) is 19.9 Å². The zero-order valence-corrected chi connectivity index (χ0v) is 11.6. The Morgan fingerprint density at radius 1 is 1.50 bits per heavy atom. The van der Waals surface area contributed by atoms with Crippen LogP contribution in [0, 0.1) is 0 Å². The minimum atomic E-state index is -0.266. The van der Waals surface area contributed by atoms with E-state index in [1.807, 2.05) is 35.7 Å². The van der Waals surface area contributed by atoms with Crippen molar-refractivity contribution in [3.8, 4) is 0 Å². The van der Waals surface area contributed by atoms with Crippen LogP contribution in [0.4, 0.5) is 0 Å². The number of hydrogen-bond donors (Lipinski definition) is 2. The summed E-state index contributed by atoms with van der Waals surface area (Å²) in [5.74, 6) is 0.568. The summed E-state index contributed by atoms with van der Waals surface area (Å²) in [5.41, 5.74) is 6.25. The van der Waals surface area contributed by atoms with E-state index in [1.165, 1.54) is 0 Å². The molecule has 2 rings (SSSR count). The first kappa shape index (κ1) is 14.4. The lowest BCUT2D eigenvalue weighted by Crippen LogP contribution is -2.34. The highest BCUT2D eigenvalue weighted by Crippen LogP contribution is 2.12. The molecule has 0 saturated carbocycles. The smallest absolute Gasteiger partial charge is 0.223 e. The van der Waals surface area contributed by atoms with Crippen LogP contribution in [0.25, 0.3) is 5.65 Å². The van der Waals surface area contributed by atoms with Gasteiger partial charge < -0.3 is 15.8 Å². The van der Waals surface area contributed by atoms with Gasteiger partial charge in [-0.15, -0.1) is 10.2 Å². The molecule has 2 unspecified atom stereocenters. The van der Waals surface area contributed by atoms with Crippen molar-refractivity contribution >= 4 is 11.6 Å². The van der Waals surface area contributed by atoms with Gasteiger partial charge in [0.2, 0.25) is 5.91 Å². The molecule has 2 atom stereocenters. The molecule has 0 bridgehead atoms. The van der Waals surface area contributed by atoms with Crippen molar-refractivity contribution in [3.05, 3.63) is 30.2 Å². The van der Waals surface area contributed by atoms with Gasteiger partial charge >= 0.3 is 0 Å². The molecule has 0 aliphatic rings. The summed E-state index contributed by atoms with van der Waals surface area (Å²) in [4.78, 5) is 11.9. The number of pyridine rings is 1. The molecule has 2 heterocycles. The standard InChI is InChI=1S/C13H19N5O2/c1-9(15-12(19)7-10(8-14)20-2)13-17-16-11-5-3-4-6-18(11)13/h3-6,9-10H,7-8,14H2,1-2H3,(H,15,19). The summed E-state index contributed by atoms with van der Waals surface area (Å²) < 4.78 is 6.94. The van der Waals surface area contributed by atoms with E-state index < -0.39 is 0 Å². The molecule has 0 aliphatic heterocycles. The third kappa shape index (κ3) is 3.12. The fraction of sp³-hybridized carbons (Fsp3) is 0.462.